The van der Waals surface area contributed by atoms with Crippen LogP contribution in [-0.4, -0.2) is 23.6 Å². The van der Waals surface area contributed by atoms with Crippen LogP contribution in [0.4, 0.5) is 13.2 Å². The van der Waals surface area contributed by atoms with Crippen molar-refractivity contribution in [1.82, 2.24) is 4.57 Å². The number of hydrogen-bond acceptors (Lipinski definition) is 5. The van der Waals surface area contributed by atoms with E-state index < -0.39 is 12.1 Å². The molecule has 0 N–H and O–H groups in total. The van der Waals surface area contributed by atoms with Crippen LogP contribution >= 0.6 is 12.6 Å². The molecule has 0 amide bonds. The molecule has 9 heteroatoms. The molecule has 2 unspecified atom stereocenters. The molecule has 1 fully saturated rings. The first kappa shape index (κ1) is 21.8. The minimum atomic E-state index is -4.75. The third kappa shape index (κ3) is 4.93. The lowest BCUT2D eigenvalue weighted by molar-refractivity contribution is -0.274. The van der Waals surface area contributed by atoms with Crippen LogP contribution in [0, 0.1) is 0 Å². The van der Waals surface area contributed by atoms with Crippen molar-refractivity contribution in [2.75, 3.05) is 6.61 Å². The zero-order valence-electron chi connectivity index (χ0n) is 16.8. The Morgan fingerprint density at radius 3 is 2.55 bits per heavy atom. The maximum atomic E-state index is 12.6. The first-order valence-corrected chi connectivity index (χ1v) is 10.6. The van der Waals surface area contributed by atoms with Crippen LogP contribution < -0.4 is 10.5 Å². The molecule has 2 heterocycles. The van der Waals surface area contributed by atoms with Crippen LogP contribution in [-0.2, 0) is 11.3 Å². The van der Waals surface area contributed by atoms with Gasteiger partial charge in [-0.25, -0.2) is 4.79 Å². The number of halogens is 3. The summed E-state index contributed by atoms with van der Waals surface area (Å²) in [5, 5.41) is -0.222. The summed E-state index contributed by atoms with van der Waals surface area (Å²) in [7, 11) is 0. The van der Waals surface area contributed by atoms with Gasteiger partial charge in [0.1, 0.15) is 5.75 Å². The quantitative estimate of drug-likeness (QED) is 0.502. The number of nitrogens with zero attached hydrogens (tertiary/aromatic N) is 1. The SMILES string of the molecule is CC(S)c1cc(-c2ccc(OC(F)(F)F)cc2)cc2c1oc(=O)n2CC1CCCCO1. The van der Waals surface area contributed by atoms with Gasteiger partial charge in [-0.3, -0.25) is 4.57 Å². The Morgan fingerprint density at radius 2 is 1.94 bits per heavy atom. The van der Waals surface area contributed by atoms with Crippen molar-refractivity contribution in [1.29, 1.82) is 0 Å². The van der Waals surface area contributed by atoms with E-state index in [1.165, 1.54) is 12.1 Å². The van der Waals surface area contributed by atoms with E-state index in [4.69, 9.17) is 9.15 Å². The highest BCUT2D eigenvalue weighted by molar-refractivity contribution is 7.80. The number of benzene rings is 2. The normalized spacial score (nSPS) is 18.3. The van der Waals surface area contributed by atoms with E-state index in [1.807, 2.05) is 19.1 Å². The summed E-state index contributed by atoms with van der Waals surface area (Å²) in [6.07, 6.45) is -1.88. The third-order valence-corrected chi connectivity index (χ3v) is 5.61. The Morgan fingerprint density at radius 1 is 1.19 bits per heavy atom. The van der Waals surface area contributed by atoms with Gasteiger partial charge in [0, 0.05) is 17.4 Å². The van der Waals surface area contributed by atoms with E-state index in [-0.39, 0.29) is 17.1 Å². The molecule has 1 saturated heterocycles. The fourth-order valence-corrected chi connectivity index (χ4v) is 4.03. The zero-order valence-corrected chi connectivity index (χ0v) is 17.7. The Labute approximate surface area is 182 Å². The van der Waals surface area contributed by atoms with Crippen LogP contribution in [0.25, 0.3) is 22.2 Å². The molecule has 2 atom stereocenters. The molecular formula is C22H22F3NO4S. The largest absolute Gasteiger partial charge is 0.573 e. The average Bonchev–Trinajstić information content (AvgIpc) is 3.02. The van der Waals surface area contributed by atoms with Crippen molar-refractivity contribution in [3.8, 4) is 16.9 Å². The number of hydrogen-bond donors (Lipinski definition) is 1. The number of ether oxygens (including phenoxy) is 2. The minimum absolute atomic E-state index is 0.0634. The van der Waals surface area contributed by atoms with E-state index >= 15 is 0 Å². The summed E-state index contributed by atoms with van der Waals surface area (Å²) in [5.41, 5.74) is 3.22. The second kappa shape index (κ2) is 8.63. The highest BCUT2D eigenvalue weighted by Gasteiger charge is 2.31. The van der Waals surface area contributed by atoms with Gasteiger partial charge in [0.15, 0.2) is 5.58 Å². The lowest BCUT2D eigenvalue weighted by Crippen LogP contribution is -2.28. The van der Waals surface area contributed by atoms with Crippen LogP contribution in [0.15, 0.2) is 45.6 Å². The van der Waals surface area contributed by atoms with E-state index in [0.717, 1.165) is 30.4 Å². The van der Waals surface area contributed by atoms with Crippen LogP contribution in [0.5, 0.6) is 5.75 Å². The molecular weight excluding hydrogens is 431 g/mol. The minimum Gasteiger partial charge on any atom is -0.407 e. The fraction of sp³-hybridized carbons (Fsp3) is 0.409. The Balaban J connectivity index is 1.75. The summed E-state index contributed by atoms with van der Waals surface area (Å²) in [5.74, 6) is -0.764. The number of fused-ring (bicyclic) bond motifs is 1. The Bertz CT molecular complexity index is 1110. The Hall–Kier alpha value is -2.39. The molecule has 0 saturated carbocycles. The van der Waals surface area contributed by atoms with Gasteiger partial charge in [-0.2, -0.15) is 12.6 Å². The van der Waals surface area contributed by atoms with E-state index in [0.29, 0.717) is 29.8 Å². The van der Waals surface area contributed by atoms with E-state index in [9.17, 15) is 18.0 Å². The highest BCUT2D eigenvalue weighted by atomic mass is 32.1. The smallest absolute Gasteiger partial charge is 0.407 e. The van der Waals surface area contributed by atoms with Crippen molar-refractivity contribution >= 4 is 23.7 Å². The predicted octanol–water partition coefficient (Wildman–Crippen LogP) is 5.72. The Kier molecular flexibility index (Phi) is 6.07. The standard InChI is InChI=1S/C22H22F3NO4S/c1-13(31)18-10-15(14-5-7-16(8-6-14)30-22(23,24)25)11-19-20(18)29-21(27)26(19)12-17-4-2-3-9-28-17/h5-8,10-11,13,17,31H,2-4,9,12H2,1H3. The molecule has 166 valence electrons. The summed E-state index contributed by atoms with van der Waals surface area (Å²) >= 11 is 4.52. The third-order valence-electron chi connectivity index (χ3n) is 5.33. The molecule has 0 bridgehead atoms. The highest BCUT2D eigenvalue weighted by Crippen LogP contribution is 2.34. The molecule has 0 radical (unpaired) electrons. The number of alkyl halides is 3. The maximum Gasteiger partial charge on any atom is 0.573 e. The van der Waals surface area contributed by atoms with Gasteiger partial charge in [-0.15, -0.1) is 13.2 Å². The number of thiol groups is 1. The second-order valence-corrected chi connectivity index (χ2v) is 8.40. The van der Waals surface area contributed by atoms with Gasteiger partial charge < -0.3 is 13.9 Å². The van der Waals surface area contributed by atoms with Gasteiger partial charge in [0.25, 0.3) is 0 Å². The molecule has 2 aromatic carbocycles. The molecule has 5 nitrogen and oxygen atoms in total. The van der Waals surface area contributed by atoms with E-state index in [2.05, 4.69) is 17.4 Å². The predicted molar refractivity (Wildman–Crippen MR) is 114 cm³/mol. The van der Waals surface area contributed by atoms with Crippen molar-refractivity contribution in [2.24, 2.45) is 0 Å². The van der Waals surface area contributed by atoms with Crippen LogP contribution in [0.3, 0.4) is 0 Å². The second-order valence-electron chi connectivity index (χ2n) is 7.63. The summed E-state index contributed by atoms with van der Waals surface area (Å²) < 4.78 is 54.2. The van der Waals surface area contributed by atoms with Crippen LogP contribution in [0.1, 0.15) is 37.0 Å². The molecule has 1 aromatic heterocycles. The van der Waals surface area contributed by atoms with Crippen LogP contribution in [0.2, 0.25) is 0 Å². The zero-order chi connectivity index (χ0) is 22.2. The first-order valence-electron chi connectivity index (χ1n) is 10.0. The maximum absolute atomic E-state index is 12.6. The van der Waals surface area contributed by atoms with Crippen molar-refractivity contribution in [3.63, 3.8) is 0 Å². The molecule has 31 heavy (non-hydrogen) atoms. The summed E-state index contributed by atoms with van der Waals surface area (Å²) in [6, 6.07) is 9.25. The first-order chi connectivity index (χ1) is 14.7. The average molecular weight is 453 g/mol. The molecule has 0 aliphatic carbocycles. The monoisotopic (exact) mass is 453 g/mol. The van der Waals surface area contributed by atoms with Gasteiger partial charge in [-0.1, -0.05) is 12.1 Å². The molecule has 4 rings (SSSR count). The van der Waals surface area contributed by atoms with Crippen molar-refractivity contribution in [2.45, 2.75) is 50.4 Å². The summed E-state index contributed by atoms with van der Waals surface area (Å²) in [6.45, 7) is 2.92. The molecule has 0 spiro atoms. The number of oxazole rings is 1. The van der Waals surface area contributed by atoms with Crippen molar-refractivity contribution < 1.29 is 27.1 Å². The lowest BCUT2D eigenvalue weighted by atomic mass is 10.0. The van der Waals surface area contributed by atoms with Gasteiger partial charge in [-0.05, 0) is 61.6 Å². The van der Waals surface area contributed by atoms with E-state index in [1.54, 1.807) is 16.7 Å². The number of rotatable bonds is 5. The summed E-state index contributed by atoms with van der Waals surface area (Å²) in [4.78, 5) is 12.6. The van der Waals surface area contributed by atoms with Gasteiger partial charge in [0.05, 0.1) is 18.2 Å². The topological polar surface area (TPSA) is 53.6 Å². The molecule has 1 aliphatic heterocycles. The number of aromatic nitrogens is 1. The molecule has 3 aromatic rings. The van der Waals surface area contributed by atoms with Gasteiger partial charge in [0.2, 0.25) is 0 Å². The fourth-order valence-electron chi connectivity index (χ4n) is 3.84. The van der Waals surface area contributed by atoms with Crippen molar-refractivity contribution in [3.05, 3.63) is 52.5 Å². The molecule has 1 aliphatic rings. The van der Waals surface area contributed by atoms with Gasteiger partial charge >= 0.3 is 12.1 Å². The lowest BCUT2D eigenvalue weighted by Gasteiger charge is -2.22.